The summed E-state index contributed by atoms with van der Waals surface area (Å²) < 4.78 is 0. The fourth-order valence-corrected chi connectivity index (χ4v) is 4.88. The highest BCUT2D eigenvalue weighted by atomic mass is 32.1. The largest absolute Gasteiger partial charge is 0.354 e. The third-order valence-electron chi connectivity index (χ3n) is 5.22. The number of nitrogens with one attached hydrogen (secondary N) is 2. The molecule has 1 saturated heterocycles. The van der Waals surface area contributed by atoms with Gasteiger partial charge in [-0.15, -0.1) is 11.3 Å². The van der Waals surface area contributed by atoms with E-state index in [2.05, 4.69) is 10.6 Å². The molecule has 4 rings (SSSR count). The van der Waals surface area contributed by atoms with Crippen molar-refractivity contribution in [2.75, 3.05) is 13.1 Å². The Hall–Kier alpha value is -2.67. The van der Waals surface area contributed by atoms with Crippen molar-refractivity contribution in [1.29, 1.82) is 0 Å². The summed E-state index contributed by atoms with van der Waals surface area (Å²) in [5, 5.41) is 7.61. The molecule has 2 heterocycles. The Kier molecular flexibility index (Phi) is 4.70. The number of carbonyl (C=O) groups excluding carboxylic acids is 3. The SMILES string of the molecule is O=C(CN1C(=O)N[C@]2(CCCc3sccc32)C1=O)NCCc1ccccc1. The molecule has 2 N–H and O–H groups in total. The van der Waals surface area contributed by atoms with Gasteiger partial charge < -0.3 is 10.6 Å². The van der Waals surface area contributed by atoms with Crippen molar-refractivity contribution in [2.24, 2.45) is 0 Å². The summed E-state index contributed by atoms with van der Waals surface area (Å²) in [5.41, 5.74) is 1.03. The van der Waals surface area contributed by atoms with Gasteiger partial charge in [0.25, 0.3) is 5.91 Å². The number of urea groups is 1. The van der Waals surface area contributed by atoms with E-state index in [1.54, 1.807) is 11.3 Å². The average Bonchev–Trinajstić information content (AvgIpc) is 3.24. The lowest BCUT2D eigenvalue weighted by molar-refractivity contribution is -0.135. The number of nitrogens with zero attached hydrogens (tertiary/aromatic N) is 1. The molecule has 27 heavy (non-hydrogen) atoms. The van der Waals surface area contributed by atoms with Crippen LogP contribution in [0.4, 0.5) is 4.79 Å². The molecule has 1 fully saturated rings. The average molecular weight is 383 g/mol. The van der Waals surface area contributed by atoms with Crippen molar-refractivity contribution in [3.63, 3.8) is 0 Å². The third-order valence-corrected chi connectivity index (χ3v) is 6.20. The first-order chi connectivity index (χ1) is 13.1. The minimum Gasteiger partial charge on any atom is -0.354 e. The monoisotopic (exact) mass is 383 g/mol. The molecule has 2 aromatic rings. The van der Waals surface area contributed by atoms with Gasteiger partial charge >= 0.3 is 6.03 Å². The fraction of sp³-hybridized carbons (Fsp3) is 0.350. The Morgan fingerprint density at radius 2 is 2.04 bits per heavy atom. The molecule has 1 aromatic carbocycles. The minimum absolute atomic E-state index is 0.249. The summed E-state index contributed by atoms with van der Waals surface area (Å²) in [7, 11) is 0. The predicted molar refractivity (Wildman–Crippen MR) is 102 cm³/mol. The van der Waals surface area contributed by atoms with Gasteiger partial charge in [0.05, 0.1) is 0 Å². The van der Waals surface area contributed by atoms with Crippen LogP contribution in [0.25, 0.3) is 0 Å². The van der Waals surface area contributed by atoms with E-state index in [9.17, 15) is 14.4 Å². The first-order valence-electron chi connectivity index (χ1n) is 9.12. The maximum atomic E-state index is 13.1. The van der Waals surface area contributed by atoms with Gasteiger partial charge in [0.1, 0.15) is 12.1 Å². The molecule has 0 bridgehead atoms. The Morgan fingerprint density at radius 1 is 1.22 bits per heavy atom. The zero-order valence-electron chi connectivity index (χ0n) is 14.9. The topological polar surface area (TPSA) is 78.5 Å². The number of carbonyl (C=O) groups is 3. The molecule has 1 aliphatic heterocycles. The molecule has 4 amide bonds. The highest BCUT2D eigenvalue weighted by molar-refractivity contribution is 7.10. The van der Waals surface area contributed by atoms with Crippen LogP contribution in [0.1, 0.15) is 28.8 Å². The van der Waals surface area contributed by atoms with Gasteiger partial charge in [-0.25, -0.2) is 4.79 Å². The number of fused-ring (bicyclic) bond motifs is 2. The van der Waals surface area contributed by atoms with Crippen LogP contribution in [0.5, 0.6) is 0 Å². The Balaban J connectivity index is 1.39. The van der Waals surface area contributed by atoms with Gasteiger partial charge in [0, 0.05) is 17.0 Å². The van der Waals surface area contributed by atoms with Crippen LogP contribution >= 0.6 is 11.3 Å². The number of benzene rings is 1. The van der Waals surface area contributed by atoms with E-state index in [-0.39, 0.29) is 18.4 Å². The lowest BCUT2D eigenvalue weighted by atomic mass is 9.80. The lowest BCUT2D eigenvalue weighted by Crippen LogP contribution is -2.46. The maximum Gasteiger partial charge on any atom is 0.325 e. The molecule has 1 atom stereocenters. The first kappa shape index (κ1) is 17.7. The quantitative estimate of drug-likeness (QED) is 0.777. The van der Waals surface area contributed by atoms with Crippen LogP contribution in [-0.4, -0.2) is 35.8 Å². The van der Waals surface area contributed by atoms with Crippen LogP contribution in [-0.2, 0) is 28.0 Å². The molecule has 2 aliphatic rings. The van der Waals surface area contributed by atoms with Gasteiger partial charge in [0.2, 0.25) is 5.91 Å². The number of rotatable bonds is 5. The molecule has 1 aromatic heterocycles. The van der Waals surface area contributed by atoms with E-state index in [4.69, 9.17) is 0 Å². The summed E-state index contributed by atoms with van der Waals surface area (Å²) in [6.45, 7) is 0.215. The van der Waals surface area contributed by atoms with Crippen molar-refractivity contribution in [3.8, 4) is 0 Å². The maximum absolute atomic E-state index is 13.1. The Morgan fingerprint density at radius 3 is 2.85 bits per heavy atom. The molecule has 1 spiro atoms. The van der Waals surface area contributed by atoms with Gasteiger partial charge in [0.15, 0.2) is 0 Å². The van der Waals surface area contributed by atoms with Crippen LogP contribution in [0, 0.1) is 0 Å². The van der Waals surface area contributed by atoms with E-state index in [0.717, 1.165) is 33.7 Å². The van der Waals surface area contributed by atoms with E-state index >= 15 is 0 Å². The number of hydrogen-bond acceptors (Lipinski definition) is 4. The molecular weight excluding hydrogens is 362 g/mol. The van der Waals surface area contributed by atoms with Crippen LogP contribution in [0.15, 0.2) is 41.8 Å². The third kappa shape index (κ3) is 3.23. The normalized spacial score (nSPS) is 21.3. The van der Waals surface area contributed by atoms with Crippen molar-refractivity contribution < 1.29 is 14.4 Å². The van der Waals surface area contributed by atoms with Crippen LogP contribution in [0.2, 0.25) is 0 Å². The van der Waals surface area contributed by atoms with Crippen molar-refractivity contribution in [3.05, 3.63) is 57.8 Å². The molecular formula is C20H21N3O3S. The number of thiophene rings is 1. The number of aryl methyl sites for hydroxylation is 1. The zero-order valence-corrected chi connectivity index (χ0v) is 15.7. The standard InChI is InChI=1S/C20H21N3O3S/c24-17(21-11-8-14-5-2-1-3-6-14)13-23-18(25)20(22-19(23)26)10-4-7-16-15(20)9-12-27-16/h1-3,5-6,9,12H,4,7-8,10-11,13H2,(H,21,24)(H,22,26)/t20-/m0/s1. The van der Waals surface area contributed by atoms with Crippen molar-refractivity contribution >= 4 is 29.2 Å². The Bertz CT molecular complexity index is 880. The van der Waals surface area contributed by atoms with E-state index in [1.165, 1.54) is 0 Å². The molecule has 0 radical (unpaired) electrons. The molecule has 6 nitrogen and oxygen atoms in total. The molecule has 1 aliphatic carbocycles. The molecule has 0 unspecified atom stereocenters. The number of hydrogen-bond donors (Lipinski definition) is 2. The second kappa shape index (κ2) is 7.15. The van der Waals surface area contributed by atoms with E-state index < -0.39 is 11.6 Å². The first-order valence-corrected chi connectivity index (χ1v) is 10.00. The second-order valence-electron chi connectivity index (χ2n) is 6.92. The smallest absolute Gasteiger partial charge is 0.325 e. The second-order valence-corrected chi connectivity index (χ2v) is 7.92. The van der Waals surface area contributed by atoms with Crippen molar-refractivity contribution in [1.82, 2.24) is 15.5 Å². The predicted octanol–water partition coefficient (Wildman–Crippen LogP) is 2.19. The van der Waals surface area contributed by atoms with Gasteiger partial charge in [-0.3, -0.25) is 14.5 Å². The summed E-state index contributed by atoms with van der Waals surface area (Å²) >= 11 is 1.61. The number of imide groups is 1. The molecule has 7 heteroatoms. The zero-order chi connectivity index (χ0) is 18.9. The van der Waals surface area contributed by atoms with Crippen LogP contribution in [0.3, 0.4) is 0 Å². The summed E-state index contributed by atoms with van der Waals surface area (Å²) in [6.07, 6.45) is 3.05. The highest BCUT2D eigenvalue weighted by Gasteiger charge is 2.54. The Labute approximate surface area is 161 Å². The van der Waals surface area contributed by atoms with Gasteiger partial charge in [-0.1, -0.05) is 30.3 Å². The summed E-state index contributed by atoms with van der Waals surface area (Å²) in [4.78, 5) is 39.9. The van der Waals surface area contributed by atoms with E-state index in [0.29, 0.717) is 19.4 Å². The fourth-order valence-electron chi connectivity index (χ4n) is 3.88. The van der Waals surface area contributed by atoms with Crippen LogP contribution < -0.4 is 10.6 Å². The molecule has 0 saturated carbocycles. The van der Waals surface area contributed by atoms with E-state index in [1.807, 2.05) is 41.8 Å². The van der Waals surface area contributed by atoms with Crippen molar-refractivity contribution in [2.45, 2.75) is 31.2 Å². The van der Waals surface area contributed by atoms with Gasteiger partial charge in [-0.2, -0.15) is 0 Å². The minimum atomic E-state index is -0.991. The summed E-state index contributed by atoms with van der Waals surface area (Å²) in [6, 6.07) is 11.3. The molecule has 140 valence electrons. The lowest BCUT2D eigenvalue weighted by Gasteiger charge is -2.31. The number of amides is 4. The van der Waals surface area contributed by atoms with Gasteiger partial charge in [-0.05, 0) is 42.7 Å². The highest BCUT2D eigenvalue weighted by Crippen LogP contribution is 2.41. The summed E-state index contributed by atoms with van der Waals surface area (Å²) in [5.74, 6) is -0.641.